The molecule has 0 aliphatic carbocycles. The van der Waals surface area contributed by atoms with E-state index in [4.69, 9.17) is 17.2 Å². The van der Waals surface area contributed by atoms with E-state index in [1.807, 2.05) is 0 Å². The molecule has 1 aliphatic heterocycles. The number of hydrogen-bond acceptors (Lipinski definition) is 15. The van der Waals surface area contributed by atoms with Gasteiger partial charge < -0.3 is 84.6 Å². The first-order valence-corrected chi connectivity index (χ1v) is 21.4. The van der Waals surface area contributed by atoms with E-state index in [0.717, 1.165) is 11.8 Å². The van der Waals surface area contributed by atoms with Gasteiger partial charge in [-0.1, -0.05) is 13.8 Å². The molecule has 0 spiro atoms. The minimum Gasteiger partial charge on any atom is -0.481 e. The number of carbonyl (C=O) groups is 11. The van der Waals surface area contributed by atoms with Crippen LogP contribution in [0.4, 0.5) is 0 Å². The van der Waals surface area contributed by atoms with Gasteiger partial charge in [0.1, 0.15) is 48.3 Å². The monoisotopic (exact) mass is 959 g/mol. The maximum atomic E-state index is 14.0. The second kappa shape index (κ2) is 28.4. The summed E-state index contributed by atoms with van der Waals surface area (Å²) in [6, 6.07) is -12.7. The fourth-order valence-electron chi connectivity index (χ4n) is 6.59. The Labute approximate surface area is 384 Å². The Bertz CT molecular complexity index is 1820. The Balaban J connectivity index is 3.40. The van der Waals surface area contributed by atoms with Gasteiger partial charge in [-0.15, -0.1) is 0 Å². The van der Waals surface area contributed by atoms with E-state index in [9.17, 15) is 83.4 Å². The number of likely N-dealkylation sites (tertiary alicyclic amines) is 1. The van der Waals surface area contributed by atoms with E-state index in [1.165, 1.54) is 20.8 Å². The van der Waals surface area contributed by atoms with Gasteiger partial charge in [-0.25, -0.2) is 4.79 Å². The third-order valence-electron chi connectivity index (χ3n) is 10.4. The number of rotatable bonds is 30. The number of aliphatic hydroxyl groups excluding tert-OH is 2. The maximum Gasteiger partial charge on any atom is 0.326 e. The molecule has 18 N–H and O–H groups in total. The zero-order valence-corrected chi connectivity index (χ0v) is 37.6. The van der Waals surface area contributed by atoms with Crippen LogP contribution in [0.1, 0.15) is 91.9 Å². The molecule has 0 aromatic rings. The largest absolute Gasteiger partial charge is 0.481 e. The molecule has 28 heteroatoms. The van der Waals surface area contributed by atoms with Crippen molar-refractivity contribution in [2.45, 2.75) is 152 Å². The zero-order valence-electron chi connectivity index (χ0n) is 37.6. The predicted molar refractivity (Wildman–Crippen MR) is 231 cm³/mol. The smallest absolute Gasteiger partial charge is 0.326 e. The molecular weight excluding hydrogens is 894 g/mol. The molecule has 0 saturated carbocycles. The number of nitrogens with one attached hydrogen (secondary N) is 6. The van der Waals surface area contributed by atoms with Crippen LogP contribution < -0.4 is 49.1 Å². The topological polar surface area (TPSA) is 475 Å². The molecule has 1 fully saturated rings. The van der Waals surface area contributed by atoms with Gasteiger partial charge in [0.2, 0.25) is 41.4 Å². The van der Waals surface area contributed by atoms with E-state index in [2.05, 4.69) is 36.9 Å². The van der Waals surface area contributed by atoms with E-state index in [0.29, 0.717) is 0 Å². The number of nitrogens with two attached hydrogens (primary N) is 3. The summed E-state index contributed by atoms with van der Waals surface area (Å²) < 4.78 is 0. The highest BCUT2D eigenvalue weighted by molar-refractivity contribution is 5.98. The molecule has 1 aliphatic rings. The first-order chi connectivity index (χ1) is 31.2. The number of guanidine groups is 1. The molecule has 0 radical (unpaired) electrons. The minimum atomic E-state index is -1.79. The Morgan fingerprint density at radius 1 is 0.597 bits per heavy atom. The second-order valence-electron chi connectivity index (χ2n) is 16.2. The van der Waals surface area contributed by atoms with Crippen LogP contribution in [0.3, 0.4) is 0 Å². The van der Waals surface area contributed by atoms with Gasteiger partial charge in [-0.3, -0.25) is 52.9 Å². The number of carboxylic acids is 4. The number of amides is 7. The van der Waals surface area contributed by atoms with Gasteiger partial charge in [0.15, 0.2) is 5.96 Å². The van der Waals surface area contributed by atoms with Crippen molar-refractivity contribution in [3.8, 4) is 0 Å². The second-order valence-corrected chi connectivity index (χ2v) is 16.2. The summed E-state index contributed by atoms with van der Waals surface area (Å²) in [5.41, 5.74) is 16.2. The molecule has 10 unspecified atom stereocenters. The third-order valence-corrected chi connectivity index (χ3v) is 10.4. The minimum absolute atomic E-state index is 0.0344. The summed E-state index contributed by atoms with van der Waals surface area (Å²) in [5, 5.41) is 71.5. The zero-order chi connectivity index (χ0) is 51.3. The van der Waals surface area contributed by atoms with Crippen molar-refractivity contribution in [3.63, 3.8) is 0 Å². The van der Waals surface area contributed by atoms with Gasteiger partial charge >= 0.3 is 23.9 Å². The fraction of sp³-hybridized carbons (Fsp3) is 0.692. The Morgan fingerprint density at radius 3 is 1.52 bits per heavy atom. The summed E-state index contributed by atoms with van der Waals surface area (Å²) >= 11 is 0. The lowest BCUT2D eigenvalue weighted by molar-refractivity contribution is -0.145. The molecule has 1 heterocycles. The van der Waals surface area contributed by atoms with Crippen molar-refractivity contribution in [3.05, 3.63) is 0 Å². The van der Waals surface area contributed by atoms with Crippen LogP contribution >= 0.6 is 0 Å². The first-order valence-electron chi connectivity index (χ1n) is 21.4. The highest BCUT2D eigenvalue weighted by Crippen LogP contribution is 2.21. The number of carbonyl (C=O) groups excluding carboxylic acids is 7. The van der Waals surface area contributed by atoms with Gasteiger partial charge in [0.25, 0.3) is 0 Å². The van der Waals surface area contributed by atoms with Crippen LogP contribution in [0.15, 0.2) is 4.99 Å². The number of aliphatic hydroxyl groups is 2. The van der Waals surface area contributed by atoms with Crippen molar-refractivity contribution in [1.29, 1.82) is 0 Å². The molecule has 378 valence electrons. The molecule has 1 rings (SSSR count). The van der Waals surface area contributed by atoms with Crippen molar-refractivity contribution >= 4 is 71.2 Å². The lowest BCUT2D eigenvalue weighted by Crippen LogP contribution is -2.62. The summed E-state index contributed by atoms with van der Waals surface area (Å²) in [6.45, 7) is 5.23. The fourth-order valence-corrected chi connectivity index (χ4v) is 6.59. The van der Waals surface area contributed by atoms with Crippen LogP contribution in [-0.2, 0) is 52.7 Å². The number of hydrogen-bond donors (Lipinski definition) is 15. The Hall–Kier alpha value is -6.68. The van der Waals surface area contributed by atoms with Crippen LogP contribution in [0.25, 0.3) is 0 Å². The summed E-state index contributed by atoms with van der Waals surface area (Å²) in [5.74, 6) is -14.1. The summed E-state index contributed by atoms with van der Waals surface area (Å²) in [7, 11) is 0. The average Bonchev–Trinajstić information content (AvgIpc) is 3.73. The maximum absolute atomic E-state index is 14.0. The van der Waals surface area contributed by atoms with Crippen molar-refractivity contribution in [2.24, 2.45) is 28.1 Å². The first kappa shape index (κ1) is 58.3. The van der Waals surface area contributed by atoms with Gasteiger partial charge in [-0.2, -0.15) is 0 Å². The molecule has 0 bridgehead atoms. The molecule has 28 nitrogen and oxygen atoms in total. The van der Waals surface area contributed by atoms with Crippen molar-refractivity contribution < 1.29 is 83.4 Å². The van der Waals surface area contributed by atoms with Crippen molar-refractivity contribution in [2.75, 3.05) is 13.1 Å². The average molecular weight is 960 g/mol. The molecule has 67 heavy (non-hydrogen) atoms. The normalized spacial score (nSPS) is 17.4. The van der Waals surface area contributed by atoms with Crippen LogP contribution in [0, 0.1) is 5.92 Å². The number of aliphatic carboxylic acids is 4. The summed E-state index contributed by atoms with van der Waals surface area (Å²) in [6.07, 6.45) is -6.45. The lowest BCUT2D eigenvalue weighted by Gasteiger charge is -2.31. The highest BCUT2D eigenvalue weighted by Gasteiger charge is 2.41. The van der Waals surface area contributed by atoms with Crippen LogP contribution in [0.2, 0.25) is 0 Å². The molecule has 7 amide bonds. The van der Waals surface area contributed by atoms with Gasteiger partial charge in [0.05, 0.1) is 12.2 Å². The molecular formula is C39H65N11O17. The van der Waals surface area contributed by atoms with E-state index < -0.39 is 170 Å². The predicted octanol–water partition coefficient (Wildman–Crippen LogP) is -5.64. The quantitative estimate of drug-likeness (QED) is 0.0181. The summed E-state index contributed by atoms with van der Waals surface area (Å²) in [4.78, 5) is 146. The number of aliphatic imine (C=N–C) groups is 1. The van der Waals surface area contributed by atoms with Crippen molar-refractivity contribution in [1.82, 2.24) is 36.8 Å². The number of carboxylic acid groups (broad SMARTS) is 4. The van der Waals surface area contributed by atoms with Gasteiger partial charge in [0, 0.05) is 32.4 Å². The molecule has 0 aromatic heterocycles. The van der Waals surface area contributed by atoms with E-state index in [-0.39, 0.29) is 44.7 Å². The lowest BCUT2D eigenvalue weighted by atomic mass is 10.0. The van der Waals surface area contributed by atoms with Gasteiger partial charge in [-0.05, 0) is 64.7 Å². The standard InChI is InChI=1S/C39H65N11O17/c1-17(2)29(35(63)46-22(11-14-27(57)58)37(65)50-16-6-8-24(50)33(61)47-23(38(66)67)7-5-15-43-39(41)42)48-32(60)21(10-13-26(55)56)44-31(59)20(9-12-25(53)54)45-36(64)30(19(4)52)49-34(62)28(40)18(3)51/h17-24,28-30,51-52H,5-16,40H2,1-4H3,(H,44,59)(H,45,64)(H,46,63)(H,47,61)(H,48,60)(H,49,62)(H,53,54)(H,55,56)(H,57,58)(H,66,67)(H4,41,42,43). The highest BCUT2D eigenvalue weighted by atomic mass is 16.4. The van der Waals surface area contributed by atoms with Crippen LogP contribution in [-0.4, -0.2) is 180 Å². The molecule has 10 atom stereocenters. The SMILES string of the molecule is CC(C)C(NC(=O)C(CCC(=O)O)NC(=O)C(CCC(=O)O)NC(=O)C(NC(=O)C(N)C(C)O)C(C)O)C(=O)NC(CCC(=O)O)C(=O)N1CCCC1C(=O)NC(CCCN=C(N)N)C(=O)O. The third kappa shape index (κ3) is 20.6. The number of nitrogens with zero attached hydrogens (tertiary/aromatic N) is 2. The molecule has 1 saturated heterocycles. The van der Waals surface area contributed by atoms with E-state index >= 15 is 0 Å². The van der Waals surface area contributed by atoms with E-state index in [1.54, 1.807) is 0 Å². The molecule has 0 aromatic carbocycles. The Kier molecular flexibility index (Phi) is 24.7. The van der Waals surface area contributed by atoms with Crippen LogP contribution in [0.5, 0.6) is 0 Å². The Morgan fingerprint density at radius 2 is 1.06 bits per heavy atom.